The largest absolute Gasteiger partial charge is 0.338 e. The lowest BCUT2D eigenvalue weighted by Gasteiger charge is -2.23. The summed E-state index contributed by atoms with van der Waals surface area (Å²) in [6.45, 7) is 2.29. The zero-order valence-corrected chi connectivity index (χ0v) is 10.3. The third kappa shape index (κ3) is 3.21. The summed E-state index contributed by atoms with van der Waals surface area (Å²) in [5.74, 6) is 0. The zero-order chi connectivity index (χ0) is 12.8. The molecule has 0 saturated carbocycles. The maximum Gasteiger partial charge on any atom is 0.332 e. The van der Waals surface area contributed by atoms with Crippen molar-refractivity contribution in [3.05, 3.63) is 30.3 Å². The molecule has 0 fully saturated rings. The smallest absolute Gasteiger partial charge is 0.332 e. The maximum absolute atomic E-state index is 12.0. The van der Waals surface area contributed by atoms with Crippen LogP contribution in [-0.2, 0) is 0 Å². The van der Waals surface area contributed by atoms with Crippen molar-refractivity contribution in [3.63, 3.8) is 0 Å². The fourth-order valence-electron chi connectivity index (χ4n) is 1.34. The molecule has 1 rings (SSSR count). The van der Waals surface area contributed by atoms with Crippen molar-refractivity contribution in [2.75, 3.05) is 25.5 Å². The zero-order valence-electron chi connectivity index (χ0n) is 10.3. The number of para-hydroxylation sites is 1. The molecule has 0 aliphatic heterocycles. The molecular weight excluding hydrogens is 218 g/mol. The highest BCUT2D eigenvalue weighted by Gasteiger charge is 2.20. The van der Waals surface area contributed by atoms with Gasteiger partial charge in [-0.1, -0.05) is 18.2 Å². The Morgan fingerprint density at radius 1 is 1.18 bits per heavy atom. The van der Waals surface area contributed by atoms with Gasteiger partial charge in [0.05, 0.1) is 0 Å². The van der Waals surface area contributed by atoms with Crippen LogP contribution in [0.4, 0.5) is 15.3 Å². The molecule has 0 bridgehead atoms. The fourth-order valence-corrected chi connectivity index (χ4v) is 1.34. The Bertz CT molecular complexity index is 392. The van der Waals surface area contributed by atoms with Crippen LogP contribution in [0.2, 0.25) is 0 Å². The Balaban J connectivity index is 2.73. The molecule has 4 amide bonds. The van der Waals surface area contributed by atoms with Gasteiger partial charge in [0.15, 0.2) is 0 Å². The summed E-state index contributed by atoms with van der Waals surface area (Å²) >= 11 is 0. The van der Waals surface area contributed by atoms with Gasteiger partial charge in [-0.05, 0) is 19.1 Å². The SMILES string of the molecule is CCNC(=O)N(C)C(=O)N(C)c1ccccc1. The molecule has 92 valence electrons. The van der Waals surface area contributed by atoms with Gasteiger partial charge in [0.2, 0.25) is 0 Å². The van der Waals surface area contributed by atoms with Crippen LogP contribution in [0.25, 0.3) is 0 Å². The van der Waals surface area contributed by atoms with E-state index in [2.05, 4.69) is 5.32 Å². The highest BCUT2D eigenvalue weighted by molar-refractivity contribution is 6.01. The monoisotopic (exact) mass is 235 g/mol. The second-order valence-electron chi connectivity index (χ2n) is 3.57. The first-order valence-corrected chi connectivity index (χ1v) is 5.42. The van der Waals surface area contributed by atoms with E-state index < -0.39 is 6.03 Å². The van der Waals surface area contributed by atoms with Crippen LogP contribution >= 0.6 is 0 Å². The number of hydrogen-bond acceptors (Lipinski definition) is 2. The molecule has 0 aliphatic carbocycles. The number of nitrogens with zero attached hydrogens (tertiary/aromatic N) is 2. The van der Waals surface area contributed by atoms with Crippen molar-refractivity contribution in [2.45, 2.75) is 6.92 Å². The van der Waals surface area contributed by atoms with Crippen molar-refractivity contribution < 1.29 is 9.59 Å². The number of urea groups is 2. The van der Waals surface area contributed by atoms with Crippen LogP contribution in [0.1, 0.15) is 6.92 Å². The number of carbonyl (C=O) groups excluding carboxylic acids is 2. The van der Waals surface area contributed by atoms with Gasteiger partial charge in [-0.25, -0.2) is 14.5 Å². The predicted molar refractivity (Wildman–Crippen MR) is 67.1 cm³/mol. The normalized spacial score (nSPS) is 9.59. The molecular formula is C12H17N3O2. The number of nitrogens with one attached hydrogen (secondary N) is 1. The predicted octanol–water partition coefficient (Wildman–Crippen LogP) is 1.90. The summed E-state index contributed by atoms with van der Waals surface area (Å²) in [4.78, 5) is 25.9. The first-order valence-electron chi connectivity index (χ1n) is 5.42. The van der Waals surface area contributed by atoms with Crippen LogP contribution in [0.3, 0.4) is 0 Å². The number of rotatable bonds is 2. The molecule has 5 heteroatoms. The van der Waals surface area contributed by atoms with Crippen molar-refractivity contribution in [1.29, 1.82) is 0 Å². The fraction of sp³-hybridized carbons (Fsp3) is 0.333. The Morgan fingerprint density at radius 3 is 2.29 bits per heavy atom. The Labute approximate surface area is 101 Å². The number of imide groups is 1. The van der Waals surface area contributed by atoms with Gasteiger partial charge in [0.25, 0.3) is 0 Å². The highest BCUT2D eigenvalue weighted by atomic mass is 16.2. The number of carbonyl (C=O) groups is 2. The van der Waals surface area contributed by atoms with Gasteiger partial charge < -0.3 is 5.32 Å². The Hall–Kier alpha value is -2.04. The molecule has 5 nitrogen and oxygen atoms in total. The number of amides is 4. The first-order chi connectivity index (χ1) is 8.07. The summed E-state index contributed by atoms with van der Waals surface area (Å²) in [6, 6.07) is 8.39. The minimum atomic E-state index is -0.403. The summed E-state index contributed by atoms with van der Waals surface area (Å²) < 4.78 is 0. The minimum absolute atomic E-state index is 0.373. The lowest BCUT2D eigenvalue weighted by molar-refractivity contribution is 0.199. The van der Waals surface area contributed by atoms with Crippen molar-refractivity contribution >= 4 is 17.7 Å². The standard InChI is InChI=1S/C12H17N3O2/c1-4-13-11(16)15(3)12(17)14(2)10-8-6-5-7-9-10/h5-9H,4H2,1-3H3,(H,13,16). The molecule has 0 spiro atoms. The Morgan fingerprint density at radius 2 is 1.76 bits per heavy atom. The highest BCUT2D eigenvalue weighted by Crippen LogP contribution is 2.12. The molecule has 17 heavy (non-hydrogen) atoms. The van der Waals surface area contributed by atoms with Gasteiger partial charge in [0, 0.05) is 26.3 Å². The van der Waals surface area contributed by atoms with Crippen LogP contribution in [0.15, 0.2) is 30.3 Å². The number of anilines is 1. The summed E-state index contributed by atoms with van der Waals surface area (Å²) in [7, 11) is 3.08. The summed E-state index contributed by atoms with van der Waals surface area (Å²) in [5.41, 5.74) is 0.744. The molecule has 1 aromatic carbocycles. The quantitative estimate of drug-likeness (QED) is 0.851. The Kier molecular flexibility index (Phi) is 4.51. The van der Waals surface area contributed by atoms with E-state index in [-0.39, 0.29) is 6.03 Å². The van der Waals surface area contributed by atoms with Crippen molar-refractivity contribution in [3.8, 4) is 0 Å². The lowest BCUT2D eigenvalue weighted by atomic mass is 10.3. The van der Waals surface area contributed by atoms with E-state index in [9.17, 15) is 9.59 Å². The van der Waals surface area contributed by atoms with Crippen molar-refractivity contribution in [1.82, 2.24) is 10.2 Å². The van der Waals surface area contributed by atoms with Crippen LogP contribution in [-0.4, -0.2) is 37.6 Å². The molecule has 0 radical (unpaired) electrons. The average Bonchev–Trinajstić information content (AvgIpc) is 2.37. The topological polar surface area (TPSA) is 52.7 Å². The third-order valence-electron chi connectivity index (χ3n) is 2.35. The summed E-state index contributed by atoms with van der Waals surface area (Å²) in [6.07, 6.45) is 0. The molecule has 1 N–H and O–H groups in total. The van der Waals surface area contributed by atoms with Crippen molar-refractivity contribution in [2.24, 2.45) is 0 Å². The van der Waals surface area contributed by atoms with Crippen LogP contribution < -0.4 is 10.2 Å². The molecule has 1 aromatic rings. The molecule has 0 saturated heterocycles. The molecule has 0 atom stereocenters. The second kappa shape index (κ2) is 5.89. The van der Waals surface area contributed by atoms with Crippen LogP contribution in [0.5, 0.6) is 0 Å². The van der Waals surface area contributed by atoms with Crippen LogP contribution in [0, 0.1) is 0 Å². The van der Waals surface area contributed by atoms with Gasteiger partial charge in [-0.15, -0.1) is 0 Å². The van der Waals surface area contributed by atoms with Gasteiger partial charge in [-0.2, -0.15) is 0 Å². The van der Waals surface area contributed by atoms with E-state index in [0.717, 1.165) is 10.6 Å². The molecule has 0 aromatic heterocycles. The average molecular weight is 235 g/mol. The van der Waals surface area contributed by atoms with E-state index in [1.807, 2.05) is 30.3 Å². The number of benzene rings is 1. The first kappa shape index (κ1) is 13.0. The number of hydrogen-bond donors (Lipinski definition) is 1. The van der Waals surface area contributed by atoms with Gasteiger partial charge in [0.1, 0.15) is 0 Å². The van der Waals surface area contributed by atoms with Gasteiger partial charge in [-0.3, -0.25) is 4.90 Å². The lowest BCUT2D eigenvalue weighted by Crippen LogP contribution is -2.46. The van der Waals surface area contributed by atoms with E-state index in [0.29, 0.717) is 6.54 Å². The molecule has 0 heterocycles. The maximum atomic E-state index is 12.0. The van der Waals surface area contributed by atoms with E-state index in [1.165, 1.54) is 11.9 Å². The van der Waals surface area contributed by atoms with E-state index in [4.69, 9.17) is 0 Å². The minimum Gasteiger partial charge on any atom is -0.338 e. The van der Waals surface area contributed by atoms with Gasteiger partial charge >= 0.3 is 12.1 Å². The molecule has 0 aliphatic rings. The van der Waals surface area contributed by atoms with E-state index in [1.54, 1.807) is 14.0 Å². The van der Waals surface area contributed by atoms with E-state index >= 15 is 0 Å². The third-order valence-corrected chi connectivity index (χ3v) is 2.35. The summed E-state index contributed by atoms with van der Waals surface area (Å²) in [5, 5.41) is 2.57. The second-order valence-corrected chi connectivity index (χ2v) is 3.57. The molecule has 0 unspecified atom stereocenters.